The molecule has 1 N–H and O–H groups in total. The molecule has 1 saturated heterocycles. The summed E-state index contributed by atoms with van der Waals surface area (Å²) in [6.45, 7) is 5.44. The fourth-order valence-corrected chi connectivity index (χ4v) is 3.94. The molecular weight excluding hydrogens is 400 g/mol. The molecule has 1 aliphatic heterocycles. The molecule has 0 saturated carbocycles. The van der Waals surface area contributed by atoms with Crippen LogP contribution in [0.3, 0.4) is 0 Å². The maximum atomic E-state index is 12.8. The van der Waals surface area contributed by atoms with Crippen LogP contribution in [0, 0.1) is 13.8 Å². The van der Waals surface area contributed by atoms with Crippen LogP contribution in [0.5, 0.6) is 5.75 Å². The number of benzene rings is 1. The number of carbonyl (C=O) groups is 1. The van der Waals surface area contributed by atoms with Gasteiger partial charge in [0.15, 0.2) is 0 Å². The molecule has 3 heterocycles. The topological polar surface area (TPSA) is 86.2 Å². The number of amides is 1. The van der Waals surface area contributed by atoms with Gasteiger partial charge in [-0.3, -0.25) is 4.79 Å². The number of nitrogens with zero attached hydrogens (tertiary/aromatic N) is 3. The summed E-state index contributed by atoms with van der Waals surface area (Å²) >= 11 is 1.58. The molecule has 0 unspecified atom stereocenters. The molecule has 1 fully saturated rings. The normalized spacial score (nSPS) is 15.9. The summed E-state index contributed by atoms with van der Waals surface area (Å²) in [5, 5.41) is 11.9. The molecule has 0 radical (unpaired) electrons. The van der Waals surface area contributed by atoms with Crippen LogP contribution < -0.4 is 10.1 Å². The minimum atomic E-state index is -0.200. The van der Waals surface area contributed by atoms with Crippen molar-refractivity contribution in [1.82, 2.24) is 20.5 Å². The third-order valence-electron chi connectivity index (χ3n) is 4.78. The summed E-state index contributed by atoms with van der Waals surface area (Å²) in [5.74, 6) is 0.436. The summed E-state index contributed by atoms with van der Waals surface area (Å²) in [6, 6.07) is 9.25. The predicted octanol–water partition coefficient (Wildman–Crippen LogP) is 3.70. The molecule has 0 bridgehead atoms. The maximum absolute atomic E-state index is 12.8. The van der Waals surface area contributed by atoms with Crippen molar-refractivity contribution in [2.24, 2.45) is 0 Å². The number of hydrogen-bond donors (Lipinski definition) is 1. The summed E-state index contributed by atoms with van der Waals surface area (Å²) < 4.78 is 11.6. The number of aromatic nitrogens is 3. The van der Waals surface area contributed by atoms with Crippen LogP contribution in [0.2, 0.25) is 0 Å². The minimum absolute atomic E-state index is 0.105. The first kappa shape index (κ1) is 20.4. The van der Waals surface area contributed by atoms with Crippen molar-refractivity contribution in [3.63, 3.8) is 0 Å². The average molecular weight is 425 g/mol. The maximum Gasteiger partial charge on any atom is 0.251 e. The average Bonchev–Trinajstić information content (AvgIpc) is 3.43. The van der Waals surface area contributed by atoms with Crippen molar-refractivity contribution in [1.29, 1.82) is 0 Å². The molecular formula is C22H24N4O3S. The summed E-state index contributed by atoms with van der Waals surface area (Å²) in [4.78, 5) is 18.4. The molecule has 0 aliphatic carbocycles. The van der Waals surface area contributed by atoms with E-state index in [0.717, 1.165) is 40.6 Å². The van der Waals surface area contributed by atoms with E-state index in [-0.39, 0.29) is 12.0 Å². The molecule has 4 rings (SSSR count). The van der Waals surface area contributed by atoms with Gasteiger partial charge in [0.2, 0.25) is 0 Å². The van der Waals surface area contributed by atoms with E-state index in [4.69, 9.17) is 9.47 Å². The van der Waals surface area contributed by atoms with E-state index in [2.05, 4.69) is 20.5 Å². The highest BCUT2D eigenvalue weighted by molar-refractivity contribution is 7.14. The molecule has 1 aromatic carbocycles. The van der Waals surface area contributed by atoms with Gasteiger partial charge in [-0.25, -0.2) is 4.98 Å². The zero-order chi connectivity index (χ0) is 20.9. The summed E-state index contributed by atoms with van der Waals surface area (Å²) in [5.41, 5.74) is 2.92. The third kappa shape index (κ3) is 5.20. The lowest BCUT2D eigenvalue weighted by Crippen LogP contribution is -2.23. The number of ether oxygens (including phenoxy) is 2. The van der Waals surface area contributed by atoms with Gasteiger partial charge in [0.25, 0.3) is 5.91 Å². The van der Waals surface area contributed by atoms with E-state index in [1.807, 2.05) is 44.3 Å². The van der Waals surface area contributed by atoms with Gasteiger partial charge in [0.05, 0.1) is 24.0 Å². The van der Waals surface area contributed by atoms with Crippen LogP contribution in [0.25, 0.3) is 10.6 Å². The number of aryl methyl sites for hydroxylation is 2. The van der Waals surface area contributed by atoms with E-state index in [1.165, 1.54) is 0 Å². The van der Waals surface area contributed by atoms with Crippen LogP contribution in [0.15, 0.2) is 36.5 Å². The zero-order valence-electron chi connectivity index (χ0n) is 17.1. The lowest BCUT2D eigenvalue weighted by Gasteiger charge is -2.14. The van der Waals surface area contributed by atoms with Gasteiger partial charge in [-0.05, 0) is 57.0 Å². The fourth-order valence-electron chi connectivity index (χ4n) is 3.18. The lowest BCUT2D eigenvalue weighted by molar-refractivity contribution is 0.0679. The molecule has 2 aromatic heterocycles. The molecule has 7 nitrogen and oxygen atoms in total. The second kappa shape index (κ2) is 9.32. The standard InChI is InChI=1S/C22H24N4O3S/c1-14-5-6-18(26-25-14)12-23-21(27)16-8-17(22-24-11-15(2)30-22)10-20(9-16)29-13-19-4-3-7-28-19/h5-6,8-11,19H,3-4,7,12-13H2,1-2H3,(H,23,27)/t19-/m0/s1. The van der Waals surface area contributed by atoms with Gasteiger partial charge in [-0.2, -0.15) is 10.2 Å². The molecule has 0 spiro atoms. The largest absolute Gasteiger partial charge is 0.491 e. The van der Waals surface area contributed by atoms with Gasteiger partial charge in [0.1, 0.15) is 17.4 Å². The van der Waals surface area contributed by atoms with Gasteiger partial charge in [-0.1, -0.05) is 0 Å². The first-order valence-electron chi connectivity index (χ1n) is 9.96. The van der Waals surface area contributed by atoms with Gasteiger partial charge in [0, 0.05) is 28.8 Å². The SMILES string of the molecule is Cc1ccc(CNC(=O)c2cc(OC[C@@H]3CCCO3)cc(-c3ncc(C)s3)c2)nn1. The Morgan fingerprint density at radius 1 is 1.27 bits per heavy atom. The molecule has 1 amide bonds. The Bertz CT molecular complexity index is 1010. The van der Waals surface area contributed by atoms with Gasteiger partial charge >= 0.3 is 0 Å². The Labute approximate surface area is 179 Å². The van der Waals surface area contributed by atoms with Gasteiger partial charge in [-0.15, -0.1) is 11.3 Å². The van der Waals surface area contributed by atoms with Crippen LogP contribution in [-0.2, 0) is 11.3 Å². The van der Waals surface area contributed by atoms with Crippen LogP contribution in [-0.4, -0.2) is 40.4 Å². The Kier molecular flexibility index (Phi) is 6.35. The van der Waals surface area contributed by atoms with Crippen molar-refractivity contribution >= 4 is 17.2 Å². The Morgan fingerprint density at radius 2 is 2.17 bits per heavy atom. The van der Waals surface area contributed by atoms with E-state index < -0.39 is 0 Å². The minimum Gasteiger partial charge on any atom is -0.491 e. The van der Waals surface area contributed by atoms with Crippen molar-refractivity contribution < 1.29 is 14.3 Å². The molecule has 30 heavy (non-hydrogen) atoms. The lowest BCUT2D eigenvalue weighted by atomic mass is 10.1. The molecule has 1 aliphatic rings. The monoisotopic (exact) mass is 424 g/mol. The molecule has 3 aromatic rings. The van der Waals surface area contributed by atoms with E-state index in [0.29, 0.717) is 30.2 Å². The Morgan fingerprint density at radius 3 is 2.87 bits per heavy atom. The van der Waals surface area contributed by atoms with E-state index >= 15 is 0 Å². The summed E-state index contributed by atoms with van der Waals surface area (Å²) in [6.07, 6.45) is 3.99. The zero-order valence-corrected chi connectivity index (χ0v) is 17.9. The quantitative estimate of drug-likeness (QED) is 0.622. The predicted molar refractivity (Wildman–Crippen MR) is 115 cm³/mol. The second-order valence-electron chi connectivity index (χ2n) is 7.32. The van der Waals surface area contributed by atoms with E-state index in [9.17, 15) is 4.79 Å². The summed E-state index contributed by atoms with van der Waals surface area (Å²) in [7, 11) is 0. The van der Waals surface area contributed by atoms with E-state index in [1.54, 1.807) is 17.4 Å². The smallest absolute Gasteiger partial charge is 0.251 e. The number of thiazole rings is 1. The first-order valence-corrected chi connectivity index (χ1v) is 10.8. The number of hydrogen-bond acceptors (Lipinski definition) is 7. The number of rotatable bonds is 7. The third-order valence-corrected chi connectivity index (χ3v) is 5.74. The van der Waals surface area contributed by atoms with Crippen LogP contribution in [0.4, 0.5) is 0 Å². The molecule has 1 atom stereocenters. The van der Waals surface area contributed by atoms with Crippen LogP contribution in [0.1, 0.15) is 39.5 Å². The van der Waals surface area contributed by atoms with Crippen molar-refractivity contribution in [3.05, 3.63) is 58.4 Å². The van der Waals surface area contributed by atoms with Crippen LogP contribution >= 0.6 is 11.3 Å². The Balaban J connectivity index is 1.52. The highest BCUT2D eigenvalue weighted by Gasteiger charge is 2.18. The highest BCUT2D eigenvalue weighted by Crippen LogP contribution is 2.30. The second-order valence-corrected chi connectivity index (χ2v) is 8.55. The Hall–Kier alpha value is -2.84. The highest BCUT2D eigenvalue weighted by atomic mass is 32.1. The van der Waals surface area contributed by atoms with Crippen molar-refractivity contribution in [2.75, 3.05) is 13.2 Å². The fraction of sp³-hybridized carbons (Fsp3) is 0.364. The molecule has 156 valence electrons. The number of carbonyl (C=O) groups excluding carboxylic acids is 1. The van der Waals surface area contributed by atoms with Gasteiger partial charge < -0.3 is 14.8 Å². The first-order chi connectivity index (χ1) is 14.6. The van der Waals surface area contributed by atoms with Crippen molar-refractivity contribution in [2.45, 2.75) is 39.3 Å². The van der Waals surface area contributed by atoms with Crippen molar-refractivity contribution in [3.8, 4) is 16.3 Å². The molecule has 8 heteroatoms. The number of nitrogens with one attached hydrogen (secondary N) is 1.